The summed E-state index contributed by atoms with van der Waals surface area (Å²) in [6, 6.07) is 15.8. The number of hydrogen-bond donors (Lipinski definition) is 1. The van der Waals surface area contributed by atoms with Gasteiger partial charge in [0.1, 0.15) is 0 Å². The summed E-state index contributed by atoms with van der Waals surface area (Å²) in [6.45, 7) is 7.69. The summed E-state index contributed by atoms with van der Waals surface area (Å²) in [5, 5.41) is 3.24. The number of aryl methyl sites for hydroxylation is 2. The van der Waals surface area contributed by atoms with Crippen LogP contribution in [-0.2, 0) is 13.0 Å². The first-order valence-electron chi connectivity index (χ1n) is 8.43. The number of nitrogens with one attached hydrogen (secondary N) is 1. The number of benzene rings is 2. The van der Waals surface area contributed by atoms with Crippen molar-refractivity contribution in [1.29, 1.82) is 0 Å². The van der Waals surface area contributed by atoms with E-state index >= 15 is 0 Å². The van der Waals surface area contributed by atoms with Gasteiger partial charge >= 0.3 is 0 Å². The van der Waals surface area contributed by atoms with E-state index in [0.29, 0.717) is 0 Å². The van der Waals surface area contributed by atoms with Crippen LogP contribution in [0, 0.1) is 12.8 Å². The van der Waals surface area contributed by atoms with E-state index in [1.807, 2.05) is 7.05 Å². The fourth-order valence-electron chi connectivity index (χ4n) is 2.81. The van der Waals surface area contributed by atoms with Crippen LogP contribution < -0.4 is 5.32 Å². The molecule has 2 aromatic carbocycles. The van der Waals surface area contributed by atoms with Crippen LogP contribution in [0.4, 0.5) is 0 Å². The summed E-state index contributed by atoms with van der Waals surface area (Å²) in [5.74, 6) is 0.803. The van der Waals surface area contributed by atoms with Crippen molar-refractivity contribution in [2.75, 3.05) is 7.05 Å². The zero-order chi connectivity index (χ0) is 15.9. The summed E-state index contributed by atoms with van der Waals surface area (Å²) in [7, 11) is 2.00. The zero-order valence-corrected chi connectivity index (χ0v) is 14.4. The minimum atomic E-state index is 0.803. The van der Waals surface area contributed by atoms with Crippen molar-refractivity contribution in [3.8, 4) is 11.1 Å². The Kier molecular flexibility index (Phi) is 6.21. The fourth-order valence-corrected chi connectivity index (χ4v) is 2.81. The van der Waals surface area contributed by atoms with E-state index in [2.05, 4.69) is 68.6 Å². The van der Waals surface area contributed by atoms with Gasteiger partial charge in [0.05, 0.1) is 0 Å². The largest absolute Gasteiger partial charge is 0.316 e. The second-order valence-electron chi connectivity index (χ2n) is 6.65. The van der Waals surface area contributed by atoms with Crippen molar-refractivity contribution >= 4 is 0 Å². The number of rotatable bonds is 7. The molecule has 1 nitrogen and oxygen atoms in total. The van der Waals surface area contributed by atoms with Crippen molar-refractivity contribution in [1.82, 2.24) is 5.32 Å². The van der Waals surface area contributed by atoms with Crippen molar-refractivity contribution < 1.29 is 0 Å². The molecule has 0 saturated heterocycles. The Morgan fingerprint density at radius 1 is 0.955 bits per heavy atom. The van der Waals surface area contributed by atoms with E-state index < -0.39 is 0 Å². The molecule has 0 aliphatic heterocycles. The van der Waals surface area contributed by atoms with Crippen LogP contribution >= 0.6 is 0 Å². The van der Waals surface area contributed by atoms with Gasteiger partial charge in [-0.1, -0.05) is 56.7 Å². The molecule has 0 saturated carbocycles. The van der Waals surface area contributed by atoms with Crippen molar-refractivity contribution in [2.45, 2.75) is 46.6 Å². The normalized spacial score (nSPS) is 11.1. The lowest BCUT2D eigenvalue weighted by atomic mass is 9.97. The molecule has 0 aliphatic rings. The summed E-state index contributed by atoms with van der Waals surface area (Å²) in [6.07, 6.45) is 3.79. The fraction of sp³-hybridized carbons (Fsp3) is 0.429. The van der Waals surface area contributed by atoms with Crippen LogP contribution in [0.15, 0.2) is 42.5 Å². The van der Waals surface area contributed by atoms with Crippen molar-refractivity contribution in [3.63, 3.8) is 0 Å². The summed E-state index contributed by atoms with van der Waals surface area (Å²) in [4.78, 5) is 0. The standard InChI is InChI=1S/C21H29N/c1-16(2)6-5-7-18-9-12-19(13-10-18)20-11-8-17(3)21(14-20)15-22-4/h8-14,16,22H,5-7,15H2,1-4H3. The molecule has 0 fully saturated rings. The van der Waals surface area contributed by atoms with Crippen LogP contribution in [0.1, 0.15) is 43.4 Å². The minimum absolute atomic E-state index is 0.803. The van der Waals surface area contributed by atoms with Crippen LogP contribution in [0.25, 0.3) is 11.1 Å². The van der Waals surface area contributed by atoms with Gasteiger partial charge in [0.25, 0.3) is 0 Å². The molecule has 0 atom stereocenters. The molecule has 0 aliphatic carbocycles. The van der Waals surface area contributed by atoms with Crippen molar-refractivity contribution in [3.05, 3.63) is 59.2 Å². The lowest BCUT2D eigenvalue weighted by Gasteiger charge is -2.10. The van der Waals surface area contributed by atoms with E-state index in [-0.39, 0.29) is 0 Å². The molecule has 2 rings (SSSR count). The minimum Gasteiger partial charge on any atom is -0.316 e. The Labute approximate surface area is 135 Å². The first-order valence-corrected chi connectivity index (χ1v) is 8.43. The maximum Gasteiger partial charge on any atom is 0.0205 e. The van der Waals surface area contributed by atoms with Gasteiger partial charge < -0.3 is 5.32 Å². The van der Waals surface area contributed by atoms with E-state index in [9.17, 15) is 0 Å². The van der Waals surface area contributed by atoms with E-state index in [1.54, 1.807) is 0 Å². The molecule has 1 heteroatoms. The van der Waals surface area contributed by atoms with Gasteiger partial charge in [-0.15, -0.1) is 0 Å². The van der Waals surface area contributed by atoms with Gasteiger partial charge in [-0.3, -0.25) is 0 Å². The van der Waals surface area contributed by atoms with E-state index in [0.717, 1.165) is 12.5 Å². The lowest BCUT2D eigenvalue weighted by Crippen LogP contribution is -2.06. The lowest BCUT2D eigenvalue weighted by molar-refractivity contribution is 0.556. The third-order valence-electron chi connectivity index (χ3n) is 4.25. The third kappa shape index (κ3) is 4.71. The highest BCUT2D eigenvalue weighted by atomic mass is 14.8. The number of hydrogen-bond acceptors (Lipinski definition) is 1. The predicted octanol–water partition coefficient (Wildman–Crippen LogP) is 5.36. The Bertz CT molecular complexity index is 581. The third-order valence-corrected chi connectivity index (χ3v) is 4.25. The van der Waals surface area contributed by atoms with Gasteiger partial charge in [-0.05, 0) is 66.6 Å². The van der Waals surface area contributed by atoms with Gasteiger partial charge in [0, 0.05) is 6.54 Å². The molecule has 0 heterocycles. The molecule has 0 amide bonds. The molecule has 118 valence electrons. The van der Waals surface area contributed by atoms with Gasteiger partial charge in [-0.25, -0.2) is 0 Å². The maximum atomic E-state index is 3.24. The first kappa shape index (κ1) is 16.8. The quantitative estimate of drug-likeness (QED) is 0.725. The van der Waals surface area contributed by atoms with E-state index in [1.165, 1.54) is 47.1 Å². The highest BCUT2D eigenvalue weighted by molar-refractivity contribution is 5.65. The Balaban J connectivity index is 2.08. The Hall–Kier alpha value is -1.60. The summed E-state index contributed by atoms with van der Waals surface area (Å²) < 4.78 is 0. The Morgan fingerprint density at radius 2 is 1.64 bits per heavy atom. The SMILES string of the molecule is CNCc1cc(-c2ccc(CCCC(C)C)cc2)ccc1C. The van der Waals surface area contributed by atoms with E-state index in [4.69, 9.17) is 0 Å². The molecule has 0 spiro atoms. The molecule has 1 N–H and O–H groups in total. The van der Waals surface area contributed by atoms with Gasteiger partial charge in [0.2, 0.25) is 0 Å². The Morgan fingerprint density at radius 3 is 2.27 bits per heavy atom. The monoisotopic (exact) mass is 295 g/mol. The summed E-state index contributed by atoms with van der Waals surface area (Å²) in [5.41, 5.74) is 6.80. The predicted molar refractivity (Wildman–Crippen MR) is 97.2 cm³/mol. The zero-order valence-electron chi connectivity index (χ0n) is 14.4. The highest BCUT2D eigenvalue weighted by Gasteiger charge is 2.03. The molecule has 0 bridgehead atoms. The molecule has 0 unspecified atom stereocenters. The van der Waals surface area contributed by atoms with Crippen LogP contribution in [0.3, 0.4) is 0 Å². The molecule has 0 aromatic heterocycles. The first-order chi connectivity index (χ1) is 10.6. The smallest absolute Gasteiger partial charge is 0.0205 e. The molecule has 2 aromatic rings. The molecular weight excluding hydrogens is 266 g/mol. The summed E-state index contributed by atoms with van der Waals surface area (Å²) >= 11 is 0. The molecule has 22 heavy (non-hydrogen) atoms. The highest BCUT2D eigenvalue weighted by Crippen LogP contribution is 2.23. The van der Waals surface area contributed by atoms with Crippen LogP contribution in [0.5, 0.6) is 0 Å². The second-order valence-corrected chi connectivity index (χ2v) is 6.65. The average molecular weight is 295 g/mol. The maximum absolute atomic E-state index is 3.24. The second kappa shape index (κ2) is 8.14. The van der Waals surface area contributed by atoms with Crippen molar-refractivity contribution in [2.24, 2.45) is 5.92 Å². The topological polar surface area (TPSA) is 12.0 Å². The molecule has 0 radical (unpaired) electrons. The average Bonchev–Trinajstić information content (AvgIpc) is 2.50. The van der Waals surface area contributed by atoms with Crippen LogP contribution in [-0.4, -0.2) is 7.05 Å². The molecular formula is C21H29N. The van der Waals surface area contributed by atoms with Gasteiger partial charge in [-0.2, -0.15) is 0 Å². The van der Waals surface area contributed by atoms with Gasteiger partial charge in [0.15, 0.2) is 0 Å². The van der Waals surface area contributed by atoms with Crippen LogP contribution in [0.2, 0.25) is 0 Å².